The van der Waals surface area contributed by atoms with E-state index < -0.39 is 5.97 Å². The van der Waals surface area contributed by atoms with Crippen LogP contribution < -0.4 is 14.8 Å². The molecule has 7 nitrogen and oxygen atoms in total. The number of urea groups is 1. The van der Waals surface area contributed by atoms with Gasteiger partial charge in [0.25, 0.3) is 0 Å². The fourth-order valence-corrected chi connectivity index (χ4v) is 3.46. The molecule has 174 valence electrons. The standard InChI is InChI=1S/C27H26N2O5/c1-2-20-8-10-22(11-9-20)16-29(27(31)28-15-21-6-4-3-5-7-21)17-26(30)32-18-23-12-13-24-25(14-23)34-19-33-24/h2-14H,1,15-19H2,(H,28,31). The third kappa shape index (κ3) is 6.16. The first-order valence-electron chi connectivity index (χ1n) is 10.9. The first kappa shape index (κ1) is 22.9. The molecule has 0 saturated heterocycles. The summed E-state index contributed by atoms with van der Waals surface area (Å²) in [6.45, 7) is 4.44. The number of esters is 1. The Kier molecular flexibility index (Phi) is 7.45. The van der Waals surface area contributed by atoms with Crippen LogP contribution in [0.1, 0.15) is 22.3 Å². The van der Waals surface area contributed by atoms with Gasteiger partial charge in [0, 0.05) is 13.1 Å². The summed E-state index contributed by atoms with van der Waals surface area (Å²) in [6, 6.07) is 22.3. The van der Waals surface area contributed by atoms with Crippen LogP contribution in [0.3, 0.4) is 0 Å². The molecule has 0 atom stereocenters. The minimum Gasteiger partial charge on any atom is -0.459 e. The Morgan fingerprint density at radius 3 is 2.44 bits per heavy atom. The van der Waals surface area contributed by atoms with E-state index in [2.05, 4.69) is 11.9 Å². The Labute approximate surface area is 198 Å². The summed E-state index contributed by atoms with van der Waals surface area (Å²) < 4.78 is 16.1. The molecule has 1 heterocycles. The maximum atomic E-state index is 12.9. The van der Waals surface area contributed by atoms with Gasteiger partial charge in [0.05, 0.1) is 0 Å². The summed E-state index contributed by atoms with van der Waals surface area (Å²) in [6.07, 6.45) is 1.75. The summed E-state index contributed by atoms with van der Waals surface area (Å²) in [5, 5.41) is 2.88. The smallest absolute Gasteiger partial charge is 0.326 e. The molecule has 1 N–H and O–H groups in total. The molecule has 0 saturated carbocycles. The molecule has 0 bridgehead atoms. The fourth-order valence-electron chi connectivity index (χ4n) is 3.46. The van der Waals surface area contributed by atoms with Gasteiger partial charge in [-0.05, 0) is 34.4 Å². The number of carbonyl (C=O) groups excluding carboxylic acids is 2. The van der Waals surface area contributed by atoms with E-state index in [4.69, 9.17) is 14.2 Å². The predicted molar refractivity (Wildman–Crippen MR) is 128 cm³/mol. The van der Waals surface area contributed by atoms with Crippen LogP contribution in [0.5, 0.6) is 11.5 Å². The van der Waals surface area contributed by atoms with Crippen molar-refractivity contribution in [3.05, 3.63) is 102 Å². The van der Waals surface area contributed by atoms with Crippen molar-refractivity contribution in [1.29, 1.82) is 0 Å². The van der Waals surface area contributed by atoms with Crippen LogP contribution in [-0.4, -0.2) is 30.2 Å². The summed E-state index contributed by atoms with van der Waals surface area (Å²) in [5.41, 5.74) is 3.62. The van der Waals surface area contributed by atoms with Crippen molar-refractivity contribution in [2.75, 3.05) is 13.3 Å². The van der Waals surface area contributed by atoms with Crippen LogP contribution in [0, 0.1) is 0 Å². The minimum absolute atomic E-state index is 0.0724. The van der Waals surface area contributed by atoms with Gasteiger partial charge in [-0.25, -0.2) is 4.79 Å². The van der Waals surface area contributed by atoms with Crippen LogP contribution in [0.25, 0.3) is 6.08 Å². The SMILES string of the molecule is C=Cc1ccc(CN(CC(=O)OCc2ccc3c(c2)OCO3)C(=O)NCc2ccccc2)cc1. The van der Waals surface area contributed by atoms with Gasteiger partial charge >= 0.3 is 12.0 Å². The highest BCUT2D eigenvalue weighted by Crippen LogP contribution is 2.32. The number of nitrogens with zero attached hydrogens (tertiary/aromatic N) is 1. The van der Waals surface area contributed by atoms with Crippen molar-refractivity contribution in [1.82, 2.24) is 10.2 Å². The van der Waals surface area contributed by atoms with Crippen molar-refractivity contribution in [2.45, 2.75) is 19.7 Å². The normalized spacial score (nSPS) is 11.5. The molecule has 34 heavy (non-hydrogen) atoms. The number of amides is 2. The lowest BCUT2D eigenvalue weighted by Gasteiger charge is -2.22. The van der Waals surface area contributed by atoms with Crippen molar-refractivity contribution in [2.24, 2.45) is 0 Å². The highest BCUT2D eigenvalue weighted by atomic mass is 16.7. The third-order valence-electron chi connectivity index (χ3n) is 5.32. The lowest BCUT2D eigenvalue weighted by molar-refractivity contribution is -0.145. The molecule has 0 fully saturated rings. The topological polar surface area (TPSA) is 77.1 Å². The summed E-state index contributed by atoms with van der Waals surface area (Å²) in [7, 11) is 0. The quantitative estimate of drug-likeness (QED) is 0.478. The summed E-state index contributed by atoms with van der Waals surface area (Å²) in [5.74, 6) is 0.785. The Bertz CT molecular complexity index is 1150. The van der Waals surface area contributed by atoms with Gasteiger partial charge in [-0.15, -0.1) is 0 Å². The summed E-state index contributed by atoms with van der Waals surface area (Å²) in [4.78, 5) is 27.0. The van der Waals surface area contributed by atoms with Crippen molar-refractivity contribution in [3.63, 3.8) is 0 Å². The van der Waals surface area contributed by atoms with Gasteiger partial charge in [0.1, 0.15) is 13.2 Å². The molecule has 1 aliphatic heterocycles. The molecule has 3 aromatic carbocycles. The third-order valence-corrected chi connectivity index (χ3v) is 5.32. The largest absolute Gasteiger partial charge is 0.459 e. The second-order valence-corrected chi connectivity index (χ2v) is 7.79. The molecule has 0 aromatic heterocycles. The van der Waals surface area contributed by atoms with E-state index >= 15 is 0 Å². The molecular weight excluding hydrogens is 432 g/mol. The molecule has 0 unspecified atom stereocenters. The Morgan fingerprint density at radius 1 is 0.941 bits per heavy atom. The number of ether oxygens (including phenoxy) is 3. The first-order chi connectivity index (χ1) is 16.6. The molecular formula is C27H26N2O5. The molecule has 0 radical (unpaired) electrons. The van der Waals surface area contributed by atoms with Crippen LogP contribution >= 0.6 is 0 Å². The minimum atomic E-state index is -0.504. The monoisotopic (exact) mass is 458 g/mol. The lowest BCUT2D eigenvalue weighted by atomic mass is 10.1. The van der Waals surface area contributed by atoms with E-state index in [0.29, 0.717) is 18.0 Å². The number of rotatable bonds is 9. The number of carbonyl (C=O) groups is 2. The molecule has 0 aliphatic carbocycles. The molecule has 3 aromatic rings. The van der Waals surface area contributed by atoms with Gasteiger partial charge in [-0.3, -0.25) is 4.79 Å². The van der Waals surface area contributed by atoms with Crippen molar-refractivity contribution >= 4 is 18.1 Å². The van der Waals surface area contributed by atoms with Gasteiger partial charge in [-0.2, -0.15) is 0 Å². The van der Waals surface area contributed by atoms with Crippen LogP contribution in [-0.2, 0) is 29.2 Å². The zero-order valence-corrected chi connectivity index (χ0v) is 18.7. The van der Waals surface area contributed by atoms with Crippen LogP contribution in [0.4, 0.5) is 4.79 Å². The van der Waals surface area contributed by atoms with Crippen LogP contribution in [0.2, 0.25) is 0 Å². The van der Waals surface area contributed by atoms with Crippen LogP contribution in [0.15, 0.2) is 79.4 Å². The van der Waals surface area contributed by atoms with Gasteiger partial charge in [0.15, 0.2) is 11.5 Å². The molecule has 7 heteroatoms. The van der Waals surface area contributed by atoms with E-state index in [1.165, 1.54) is 4.90 Å². The number of benzene rings is 3. The maximum Gasteiger partial charge on any atom is 0.326 e. The zero-order chi connectivity index (χ0) is 23.8. The van der Waals surface area contributed by atoms with E-state index in [9.17, 15) is 9.59 Å². The highest BCUT2D eigenvalue weighted by molar-refractivity contribution is 5.81. The zero-order valence-electron chi connectivity index (χ0n) is 18.7. The summed E-state index contributed by atoms with van der Waals surface area (Å²) >= 11 is 0. The average Bonchev–Trinajstić information content (AvgIpc) is 3.35. The van der Waals surface area contributed by atoms with Crippen molar-refractivity contribution in [3.8, 4) is 11.5 Å². The van der Waals surface area contributed by atoms with E-state index in [1.807, 2.05) is 60.7 Å². The molecule has 2 amide bonds. The Hall–Kier alpha value is -4.26. The number of hydrogen-bond donors (Lipinski definition) is 1. The van der Waals surface area contributed by atoms with Gasteiger partial charge in [-0.1, -0.05) is 73.3 Å². The Morgan fingerprint density at radius 2 is 1.68 bits per heavy atom. The second kappa shape index (κ2) is 11.0. The van der Waals surface area contributed by atoms with Gasteiger partial charge < -0.3 is 24.4 Å². The number of nitrogens with one attached hydrogen (secondary N) is 1. The van der Waals surface area contributed by atoms with E-state index in [1.54, 1.807) is 18.2 Å². The second-order valence-electron chi connectivity index (χ2n) is 7.79. The highest BCUT2D eigenvalue weighted by Gasteiger charge is 2.19. The maximum absolute atomic E-state index is 12.9. The average molecular weight is 459 g/mol. The molecule has 1 aliphatic rings. The predicted octanol–water partition coefficient (Wildman–Crippen LogP) is 4.51. The number of hydrogen-bond acceptors (Lipinski definition) is 5. The number of fused-ring (bicyclic) bond motifs is 1. The lowest BCUT2D eigenvalue weighted by Crippen LogP contribution is -2.42. The van der Waals surface area contributed by atoms with Gasteiger partial charge in [0.2, 0.25) is 6.79 Å². The molecule has 0 spiro atoms. The van der Waals surface area contributed by atoms with E-state index in [-0.39, 0.29) is 32.5 Å². The van der Waals surface area contributed by atoms with E-state index in [0.717, 1.165) is 22.3 Å². The Balaban J connectivity index is 1.38. The molecule has 4 rings (SSSR count). The fraction of sp³-hybridized carbons (Fsp3) is 0.185. The first-order valence-corrected chi connectivity index (χ1v) is 10.9. The van der Waals surface area contributed by atoms with Crippen molar-refractivity contribution < 1.29 is 23.8 Å².